The fraction of sp³-hybridized carbons (Fsp3) is 0.125. The van der Waals surface area contributed by atoms with Crippen LogP contribution in [0.15, 0.2) is 52.5 Å². The van der Waals surface area contributed by atoms with Crippen LogP contribution < -0.4 is 5.43 Å². The van der Waals surface area contributed by atoms with Gasteiger partial charge in [-0.05, 0) is 42.5 Å². The summed E-state index contributed by atoms with van der Waals surface area (Å²) in [6.07, 6.45) is -10.2. The quantitative estimate of drug-likeness (QED) is 0.302. The first-order chi connectivity index (χ1) is 13.2. The molecule has 2 aromatic rings. The molecule has 0 saturated heterocycles. The molecule has 0 bridgehead atoms. The molecule has 0 spiro atoms. The monoisotopic (exact) mass is 455 g/mol. The number of rotatable bonds is 3. The van der Waals surface area contributed by atoms with E-state index in [1.54, 1.807) is 5.43 Å². The average molecular weight is 456 g/mol. The summed E-state index contributed by atoms with van der Waals surface area (Å²) in [6, 6.07) is 6.24. The molecule has 2 aromatic carbocycles. The second-order valence-corrected chi connectivity index (χ2v) is 7.69. The highest BCUT2D eigenvalue weighted by atomic mass is 35.5. The molecule has 0 saturated carbocycles. The predicted octanol–water partition coefficient (Wildman–Crippen LogP) is 5.10. The highest BCUT2D eigenvalue weighted by Gasteiger charge is 2.37. The van der Waals surface area contributed by atoms with E-state index in [1.165, 1.54) is 18.2 Å². The Morgan fingerprint density at radius 1 is 0.966 bits per heavy atom. The van der Waals surface area contributed by atoms with Gasteiger partial charge in [0.25, 0.3) is 5.04 Å². The van der Waals surface area contributed by atoms with E-state index in [2.05, 4.69) is 5.10 Å². The van der Waals surface area contributed by atoms with Gasteiger partial charge in [-0.25, -0.2) is 8.42 Å². The molecule has 0 radical (unpaired) electrons. The van der Waals surface area contributed by atoms with Crippen LogP contribution in [0.5, 0.6) is 0 Å². The van der Waals surface area contributed by atoms with Gasteiger partial charge in [-0.1, -0.05) is 11.6 Å². The molecule has 0 fully saturated rings. The van der Waals surface area contributed by atoms with Gasteiger partial charge in [0.1, 0.15) is 6.07 Å². The van der Waals surface area contributed by atoms with Gasteiger partial charge >= 0.3 is 12.4 Å². The highest BCUT2D eigenvalue weighted by Crippen LogP contribution is 2.37. The maximum absolute atomic E-state index is 12.9. The van der Waals surface area contributed by atoms with E-state index in [1.807, 2.05) is 0 Å². The third kappa shape index (κ3) is 5.39. The van der Waals surface area contributed by atoms with Gasteiger partial charge in [0.05, 0.1) is 21.7 Å². The maximum Gasteiger partial charge on any atom is 0.416 e. The van der Waals surface area contributed by atoms with E-state index >= 15 is 0 Å². The first-order valence-corrected chi connectivity index (χ1v) is 9.15. The molecule has 1 N–H and O–H groups in total. The van der Waals surface area contributed by atoms with Gasteiger partial charge in [-0.3, -0.25) is 5.43 Å². The molecule has 0 unspecified atom stereocenters. The maximum atomic E-state index is 12.9. The number of halogens is 7. The molecule has 5 nitrogen and oxygen atoms in total. The molecule has 0 aliphatic heterocycles. The normalized spacial score (nSPS) is 13.1. The van der Waals surface area contributed by atoms with E-state index in [4.69, 9.17) is 16.9 Å². The van der Waals surface area contributed by atoms with E-state index in [0.717, 1.165) is 12.1 Å². The number of hydrogen-bond acceptors (Lipinski definition) is 5. The van der Waals surface area contributed by atoms with Crippen LogP contribution >= 0.6 is 11.6 Å². The third-order valence-corrected chi connectivity index (χ3v) is 5.18. The van der Waals surface area contributed by atoms with Crippen molar-refractivity contribution in [1.29, 1.82) is 5.26 Å². The lowest BCUT2D eigenvalue weighted by Crippen LogP contribution is -2.16. The number of nitrogens with one attached hydrogen (secondary N) is 1. The van der Waals surface area contributed by atoms with Crippen LogP contribution in [0.4, 0.5) is 32.0 Å². The van der Waals surface area contributed by atoms with E-state index < -0.39 is 48.9 Å². The number of nitriles is 1. The van der Waals surface area contributed by atoms with Crippen molar-refractivity contribution in [2.75, 3.05) is 5.43 Å². The molecular weight excluding hydrogens is 448 g/mol. The minimum Gasteiger partial charge on any atom is -0.276 e. The molecule has 0 aliphatic rings. The van der Waals surface area contributed by atoms with Crippen LogP contribution in [0.25, 0.3) is 0 Å². The Bertz CT molecular complexity index is 1060. The molecule has 0 heterocycles. The van der Waals surface area contributed by atoms with Gasteiger partial charge in [-0.2, -0.15) is 36.7 Å². The topological polar surface area (TPSA) is 82.3 Å². The summed E-state index contributed by atoms with van der Waals surface area (Å²) in [5.41, 5.74) is -2.32. The van der Waals surface area contributed by atoms with Crippen LogP contribution in [0.2, 0.25) is 5.02 Å². The number of nitrogens with zero attached hydrogens (tertiary/aromatic N) is 2. The van der Waals surface area contributed by atoms with Crippen LogP contribution in [0, 0.1) is 11.3 Å². The number of alkyl halides is 6. The summed E-state index contributed by atoms with van der Waals surface area (Å²) >= 11 is 5.63. The molecular formula is C16H8ClF6N3O2S. The zero-order valence-electron chi connectivity index (χ0n) is 13.8. The Kier molecular flexibility index (Phi) is 6.15. The third-order valence-electron chi connectivity index (χ3n) is 3.35. The van der Waals surface area contributed by atoms with E-state index in [9.17, 15) is 34.8 Å². The second-order valence-electron chi connectivity index (χ2n) is 5.39. The zero-order chi connectivity index (χ0) is 22.0. The molecule has 0 amide bonds. The Balaban J connectivity index is 2.47. The summed E-state index contributed by atoms with van der Waals surface area (Å²) in [6.45, 7) is 0. The number of hydrazone groups is 1. The second kappa shape index (κ2) is 7.92. The van der Waals surface area contributed by atoms with Gasteiger partial charge < -0.3 is 0 Å². The van der Waals surface area contributed by atoms with Crippen molar-refractivity contribution in [3.63, 3.8) is 0 Å². The van der Waals surface area contributed by atoms with Crippen LogP contribution in [0.3, 0.4) is 0 Å². The van der Waals surface area contributed by atoms with Gasteiger partial charge in [0.2, 0.25) is 9.84 Å². The number of anilines is 1. The minimum atomic E-state index is -5.10. The fourth-order valence-corrected chi connectivity index (χ4v) is 3.13. The summed E-state index contributed by atoms with van der Waals surface area (Å²) in [5, 5.41) is 11.2. The van der Waals surface area contributed by atoms with Gasteiger partial charge in [0.15, 0.2) is 0 Å². The average Bonchev–Trinajstić information content (AvgIpc) is 2.60. The predicted molar refractivity (Wildman–Crippen MR) is 91.8 cm³/mol. The van der Waals surface area contributed by atoms with Crippen molar-refractivity contribution in [2.45, 2.75) is 17.2 Å². The summed E-state index contributed by atoms with van der Waals surface area (Å²) in [7, 11) is -4.49. The lowest BCUT2D eigenvalue weighted by molar-refractivity contribution is -0.143. The minimum absolute atomic E-state index is 0.107. The fourth-order valence-electron chi connectivity index (χ4n) is 2.01. The van der Waals surface area contributed by atoms with Crippen molar-refractivity contribution >= 4 is 32.2 Å². The Labute approximate surface area is 165 Å². The van der Waals surface area contributed by atoms with Crippen LogP contribution in [-0.4, -0.2) is 13.5 Å². The Morgan fingerprint density at radius 2 is 1.45 bits per heavy atom. The van der Waals surface area contributed by atoms with Crippen LogP contribution in [0.1, 0.15) is 11.1 Å². The molecule has 0 aromatic heterocycles. The number of hydrogen-bond donors (Lipinski definition) is 1. The summed E-state index contributed by atoms with van der Waals surface area (Å²) < 4.78 is 102. The number of sulfone groups is 1. The van der Waals surface area contributed by atoms with Crippen molar-refractivity contribution in [3.8, 4) is 6.07 Å². The molecule has 154 valence electrons. The van der Waals surface area contributed by atoms with Crippen molar-refractivity contribution in [1.82, 2.24) is 0 Å². The SMILES string of the molecule is N#CC(=NNc1cc(C(F)(F)F)cc(C(F)(F)F)c1)S(=O)(=O)c1ccc(Cl)cc1. The molecule has 13 heteroatoms. The summed E-state index contributed by atoms with van der Waals surface area (Å²) in [4.78, 5) is -0.399. The standard InChI is InChI=1S/C16H8ClF6N3O2S/c17-11-1-3-13(4-2-11)29(27,28)14(8-24)26-25-12-6-9(15(18,19)20)5-10(7-12)16(21,22)23/h1-7,25H. The van der Waals surface area contributed by atoms with Crippen molar-refractivity contribution in [3.05, 3.63) is 58.6 Å². The lowest BCUT2D eigenvalue weighted by atomic mass is 10.1. The molecule has 29 heavy (non-hydrogen) atoms. The number of benzene rings is 2. The first kappa shape index (κ1) is 22.5. The van der Waals surface area contributed by atoms with Gasteiger partial charge in [-0.15, -0.1) is 0 Å². The first-order valence-electron chi connectivity index (χ1n) is 7.29. The molecule has 0 aliphatic carbocycles. The lowest BCUT2D eigenvalue weighted by Gasteiger charge is -2.14. The zero-order valence-corrected chi connectivity index (χ0v) is 15.4. The van der Waals surface area contributed by atoms with Gasteiger partial charge in [0, 0.05) is 5.02 Å². The molecule has 0 atom stereocenters. The smallest absolute Gasteiger partial charge is 0.276 e. The van der Waals surface area contributed by atoms with E-state index in [0.29, 0.717) is 12.1 Å². The highest BCUT2D eigenvalue weighted by molar-refractivity contribution is 8.07. The van der Waals surface area contributed by atoms with Crippen LogP contribution in [-0.2, 0) is 22.2 Å². The largest absolute Gasteiger partial charge is 0.416 e. The molecule has 2 rings (SSSR count). The van der Waals surface area contributed by atoms with Crippen molar-refractivity contribution < 1.29 is 34.8 Å². The Morgan fingerprint density at radius 3 is 1.86 bits per heavy atom. The van der Waals surface area contributed by atoms with Crippen molar-refractivity contribution in [2.24, 2.45) is 5.10 Å². The Hall–Kier alpha value is -2.78. The summed E-state index contributed by atoms with van der Waals surface area (Å²) in [5.74, 6) is 0. The van der Waals surface area contributed by atoms with E-state index in [-0.39, 0.29) is 11.1 Å².